The number of rotatable bonds is 5. The van der Waals surface area contributed by atoms with E-state index in [0.29, 0.717) is 36.1 Å². The second kappa shape index (κ2) is 7.47. The highest BCUT2D eigenvalue weighted by atomic mass is 32.2. The van der Waals surface area contributed by atoms with Crippen molar-refractivity contribution in [2.24, 2.45) is 0 Å². The molecule has 28 heavy (non-hydrogen) atoms. The third-order valence-electron chi connectivity index (χ3n) is 4.55. The lowest BCUT2D eigenvalue weighted by atomic mass is 10.0. The number of thioether (sulfide) groups is 1. The van der Waals surface area contributed by atoms with Crippen molar-refractivity contribution in [2.45, 2.75) is 30.8 Å². The van der Waals surface area contributed by atoms with Gasteiger partial charge in [-0.15, -0.1) is 11.8 Å². The van der Waals surface area contributed by atoms with Gasteiger partial charge in [0.15, 0.2) is 29.6 Å². The minimum Gasteiger partial charge on any atom is -0.486 e. The van der Waals surface area contributed by atoms with Crippen LogP contribution < -0.4 is 24.3 Å². The Morgan fingerprint density at radius 2 is 1.96 bits per heavy atom. The number of fused-ring (bicyclic) bond motifs is 2. The zero-order chi connectivity index (χ0) is 19.7. The van der Waals surface area contributed by atoms with Crippen LogP contribution in [0.4, 0.5) is 5.69 Å². The molecular weight excluding hydrogens is 378 g/mol. The molecule has 0 saturated heterocycles. The molecule has 0 radical (unpaired) electrons. The first kappa shape index (κ1) is 18.8. The van der Waals surface area contributed by atoms with Gasteiger partial charge in [0.2, 0.25) is 0 Å². The molecule has 0 fully saturated rings. The first-order valence-corrected chi connectivity index (χ1v) is 10.4. The summed E-state index contributed by atoms with van der Waals surface area (Å²) < 4.78 is 23.0. The Morgan fingerprint density at radius 3 is 2.71 bits per heavy atom. The fourth-order valence-electron chi connectivity index (χ4n) is 3.37. The lowest BCUT2D eigenvalue weighted by Crippen LogP contribution is -2.25. The molecule has 0 aliphatic carbocycles. The van der Waals surface area contributed by atoms with E-state index in [-0.39, 0.29) is 18.1 Å². The average Bonchev–Trinajstić information content (AvgIpc) is 3.00. The van der Waals surface area contributed by atoms with Crippen molar-refractivity contribution in [3.8, 4) is 23.0 Å². The Labute approximate surface area is 168 Å². The largest absolute Gasteiger partial charge is 0.486 e. The lowest BCUT2D eigenvalue weighted by molar-refractivity contribution is -0.118. The van der Waals surface area contributed by atoms with Gasteiger partial charge in [0, 0.05) is 22.9 Å². The molecule has 148 valence electrons. The molecule has 2 aliphatic heterocycles. The number of nitrogens with one attached hydrogen (secondary N) is 1. The zero-order valence-electron chi connectivity index (χ0n) is 16.2. The van der Waals surface area contributed by atoms with Gasteiger partial charge in [-0.1, -0.05) is 12.1 Å². The minimum absolute atomic E-state index is 0.109. The van der Waals surface area contributed by atoms with Crippen LogP contribution in [-0.2, 0) is 11.2 Å². The summed E-state index contributed by atoms with van der Waals surface area (Å²) in [6, 6.07) is 9.45. The maximum Gasteiger partial charge on any atom is 0.262 e. The van der Waals surface area contributed by atoms with Gasteiger partial charge >= 0.3 is 0 Å². The lowest BCUT2D eigenvalue weighted by Gasteiger charge is -2.21. The third kappa shape index (κ3) is 3.85. The van der Waals surface area contributed by atoms with Gasteiger partial charge < -0.3 is 24.3 Å². The van der Waals surface area contributed by atoms with Crippen molar-refractivity contribution in [3.63, 3.8) is 0 Å². The number of benzene rings is 2. The van der Waals surface area contributed by atoms with Crippen molar-refractivity contribution in [1.82, 2.24) is 0 Å². The molecule has 2 aromatic carbocycles. The maximum atomic E-state index is 12.5. The van der Waals surface area contributed by atoms with Gasteiger partial charge in [-0.25, -0.2) is 0 Å². The number of carbonyl (C=O) groups is 1. The Morgan fingerprint density at radius 1 is 1.21 bits per heavy atom. The summed E-state index contributed by atoms with van der Waals surface area (Å²) >= 11 is 1.53. The Bertz CT molecular complexity index is 912. The molecule has 2 aliphatic rings. The Hall–Kier alpha value is -2.54. The summed E-state index contributed by atoms with van der Waals surface area (Å²) in [7, 11) is 0. The van der Waals surface area contributed by atoms with Crippen LogP contribution in [0.15, 0.2) is 35.2 Å². The van der Waals surface area contributed by atoms with Crippen molar-refractivity contribution in [2.75, 3.05) is 31.4 Å². The maximum absolute atomic E-state index is 12.5. The molecule has 4 rings (SSSR count). The summed E-state index contributed by atoms with van der Waals surface area (Å²) in [6.45, 7) is 4.99. The Kier molecular flexibility index (Phi) is 5.02. The second-order valence-corrected chi connectivity index (χ2v) is 8.16. The predicted molar refractivity (Wildman–Crippen MR) is 108 cm³/mol. The second-order valence-electron chi connectivity index (χ2n) is 7.32. The van der Waals surface area contributed by atoms with E-state index in [2.05, 4.69) is 5.32 Å². The van der Waals surface area contributed by atoms with Gasteiger partial charge in [-0.2, -0.15) is 0 Å². The topological polar surface area (TPSA) is 66.0 Å². The van der Waals surface area contributed by atoms with Crippen LogP contribution in [0, 0.1) is 0 Å². The number of ether oxygens (including phenoxy) is 4. The molecule has 2 aromatic rings. The molecule has 0 saturated carbocycles. The van der Waals surface area contributed by atoms with Crippen molar-refractivity contribution in [3.05, 3.63) is 35.9 Å². The Balaban J connectivity index is 1.44. The number of amides is 1. The normalized spacial score (nSPS) is 16.1. The number of para-hydroxylation sites is 1. The first-order valence-electron chi connectivity index (χ1n) is 9.16. The van der Waals surface area contributed by atoms with Crippen LogP contribution in [0.5, 0.6) is 23.0 Å². The van der Waals surface area contributed by atoms with Crippen LogP contribution in [0.1, 0.15) is 19.4 Å². The first-order chi connectivity index (χ1) is 13.4. The summed E-state index contributed by atoms with van der Waals surface area (Å²) in [4.78, 5) is 13.4. The minimum atomic E-state index is -0.261. The van der Waals surface area contributed by atoms with Crippen LogP contribution >= 0.6 is 11.8 Å². The van der Waals surface area contributed by atoms with E-state index >= 15 is 0 Å². The molecule has 1 N–H and O–H groups in total. The van der Waals surface area contributed by atoms with Crippen molar-refractivity contribution in [1.29, 1.82) is 0 Å². The van der Waals surface area contributed by atoms with E-state index in [0.717, 1.165) is 22.6 Å². The van der Waals surface area contributed by atoms with Crippen LogP contribution in [0.3, 0.4) is 0 Å². The fourth-order valence-corrected chi connectivity index (χ4v) is 3.92. The van der Waals surface area contributed by atoms with E-state index in [9.17, 15) is 4.79 Å². The smallest absolute Gasteiger partial charge is 0.262 e. The quantitative estimate of drug-likeness (QED) is 0.767. The zero-order valence-corrected chi connectivity index (χ0v) is 17.0. The number of hydrogen-bond donors (Lipinski definition) is 1. The summed E-state index contributed by atoms with van der Waals surface area (Å²) in [5.74, 6) is 2.40. The summed E-state index contributed by atoms with van der Waals surface area (Å²) in [5.41, 5.74) is 1.52. The molecule has 2 heterocycles. The third-order valence-corrected chi connectivity index (χ3v) is 5.33. The van der Waals surface area contributed by atoms with Gasteiger partial charge in [0.25, 0.3) is 5.91 Å². The van der Waals surface area contributed by atoms with E-state index in [1.165, 1.54) is 11.8 Å². The van der Waals surface area contributed by atoms with Crippen molar-refractivity contribution >= 4 is 23.4 Å². The van der Waals surface area contributed by atoms with Crippen LogP contribution in [0.25, 0.3) is 0 Å². The number of carbonyl (C=O) groups excluding carboxylic acids is 1. The number of hydrogen-bond acceptors (Lipinski definition) is 6. The molecule has 6 nitrogen and oxygen atoms in total. The molecule has 0 spiro atoms. The molecule has 1 amide bonds. The van der Waals surface area contributed by atoms with Gasteiger partial charge in [0.1, 0.15) is 18.8 Å². The van der Waals surface area contributed by atoms with Crippen molar-refractivity contribution < 1.29 is 23.7 Å². The van der Waals surface area contributed by atoms with E-state index < -0.39 is 0 Å². The summed E-state index contributed by atoms with van der Waals surface area (Å²) in [5, 5.41) is 2.90. The van der Waals surface area contributed by atoms with Crippen LogP contribution in [-0.4, -0.2) is 37.6 Å². The SMILES string of the molecule is CSc1cc2c(cc1NC(=O)COc1cccc3c1OC(C)(C)C3)OCCO2. The molecule has 0 aromatic heterocycles. The average molecular weight is 401 g/mol. The highest BCUT2D eigenvalue weighted by molar-refractivity contribution is 7.98. The molecular formula is C21H23NO5S. The standard InChI is InChI=1S/C21H23NO5S/c1-21(2)11-13-5-4-6-15(20(13)27-21)26-12-19(23)22-14-9-16-17(10-18(14)28-3)25-8-7-24-16/h4-6,9-10H,7-8,11-12H2,1-3H3,(H,22,23). The van der Waals surface area contributed by atoms with Gasteiger partial charge in [-0.05, 0) is 32.2 Å². The van der Waals surface area contributed by atoms with E-state index in [1.54, 1.807) is 6.07 Å². The number of anilines is 1. The van der Waals surface area contributed by atoms with Gasteiger partial charge in [0.05, 0.1) is 5.69 Å². The van der Waals surface area contributed by atoms with E-state index in [4.69, 9.17) is 18.9 Å². The van der Waals surface area contributed by atoms with Gasteiger partial charge in [-0.3, -0.25) is 4.79 Å². The molecule has 7 heteroatoms. The van der Waals surface area contributed by atoms with Crippen LogP contribution in [0.2, 0.25) is 0 Å². The molecule has 0 bridgehead atoms. The molecule has 0 unspecified atom stereocenters. The monoisotopic (exact) mass is 401 g/mol. The highest BCUT2D eigenvalue weighted by Crippen LogP contribution is 2.42. The highest BCUT2D eigenvalue weighted by Gasteiger charge is 2.32. The summed E-state index contributed by atoms with van der Waals surface area (Å²) in [6.07, 6.45) is 2.77. The predicted octanol–water partition coefficient (Wildman–Crippen LogP) is 3.91. The van der Waals surface area contributed by atoms with E-state index in [1.807, 2.05) is 44.4 Å². The molecule has 0 atom stereocenters. The fraction of sp³-hybridized carbons (Fsp3) is 0.381.